The maximum atomic E-state index is 11.8. The first-order valence-electron chi connectivity index (χ1n) is 5.42. The fraction of sp³-hybridized carbons (Fsp3) is 0. The summed E-state index contributed by atoms with van der Waals surface area (Å²) in [7, 11) is 0. The molecule has 0 aromatic heterocycles. The third-order valence-electron chi connectivity index (χ3n) is 2.43. The second kappa shape index (κ2) is 5.65. The predicted octanol–water partition coefficient (Wildman–Crippen LogP) is 4.05. The first-order chi connectivity index (χ1) is 8.65. The average molecular weight is 303 g/mol. The molecule has 0 fully saturated rings. The third-order valence-corrected chi connectivity index (χ3v) is 2.92. The van der Waals surface area contributed by atoms with Crippen molar-refractivity contribution in [3.05, 3.63) is 70.2 Å². The van der Waals surface area contributed by atoms with E-state index in [1.54, 1.807) is 18.2 Å². The lowest BCUT2D eigenvalue weighted by atomic mass is 10.1. The van der Waals surface area contributed by atoms with Crippen LogP contribution in [0.25, 0.3) is 6.08 Å². The Morgan fingerprint density at radius 2 is 1.83 bits per heavy atom. The van der Waals surface area contributed by atoms with Crippen molar-refractivity contribution in [2.75, 3.05) is 0 Å². The van der Waals surface area contributed by atoms with Gasteiger partial charge in [-0.1, -0.05) is 34.1 Å². The van der Waals surface area contributed by atoms with Crippen molar-refractivity contribution in [3.8, 4) is 5.75 Å². The predicted molar refractivity (Wildman–Crippen MR) is 75.6 cm³/mol. The molecule has 2 nitrogen and oxygen atoms in total. The van der Waals surface area contributed by atoms with E-state index in [1.165, 1.54) is 18.2 Å². The smallest absolute Gasteiger partial charge is 0.185 e. The molecule has 0 aliphatic rings. The Morgan fingerprint density at radius 3 is 2.50 bits per heavy atom. The van der Waals surface area contributed by atoms with Crippen LogP contribution in [0.3, 0.4) is 0 Å². The lowest BCUT2D eigenvalue weighted by Gasteiger charge is -1.97. The normalized spacial score (nSPS) is 10.7. The highest BCUT2D eigenvalue weighted by Gasteiger charge is 2.01. The summed E-state index contributed by atoms with van der Waals surface area (Å²) in [5.41, 5.74) is 1.51. The maximum Gasteiger partial charge on any atom is 0.185 e. The molecule has 0 amide bonds. The number of hydrogen-bond acceptors (Lipinski definition) is 2. The van der Waals surface area contributed by atoms with E-state index in [4.69, 9.17) is 5.11 Å². The van der Waals surface area contributed by atoms with E-state index < -0.39 is 0 Å². The number of ketones is 1. The van der Waals surface area contributed by atoms with Crippen LogP contribution in [0, 0.1) is 0 Å². The van der Waals surface area contributed by atoms with E-state index in [0.717, 1.165) is 10.0 Å². The number of benzene rings is 2. The first-order valence-corrected chi connectivity index (χ1v) is 6.21. The molecule has 0 spiro atoms. The van der Waals surface area contributed by atoms with Gasteiger partial charge in [-0.05, 0) is 48.0 Å². The Hall–Kier alpha value is -1.87. The minimum absolute atomic E-state index is 0.0880. The van der Waals surface area contributed by atoms with Gasteiger partial charge < -0.3 is 5.11 Å². The number of carbonyl (C=O) groups is 1. The van der Waals surface area contributed by atoms with Gasteiger partial charge in [0.1, 0.15) is 5.75 Å². The number of phenols is 1. The molecular formula is C15H11BrO2. The Balaban J connectivity index is 2.14. The average Bonchev–Trinajstić information content (AvgIpc) is 2.37. The molecule has 0 unspecified atom stereocenters. The minimum atomic E-state index is -0.0880. The van der Waals surface area contributed by atoms with E-state index in [9.17, 15) is 4.79 Å². The summed E-state index contributed by atoms with van der Waals surface area (Å²) >= 11 is 3.38. The fourth-order valence-corrected chi connectivity index (χ4v) is 1.92. The van der Waals surface area contributed by atoms with Crippen LogP contribution < -0.4 is 0 Å². The number of hydrogen-bond donors (Lipinski definition) is 1. The largest absolute Gasteiger partial charge is 0.508 e. The molecule has 0 radical (unpaired) electrons. The molecule has 0 heterocycles. The van der Waals surface area contributed by atoms with Crippen LogP contribution in [0.5, 0.6) is 5.75 Å². The van der Waals surface area contributed by atoms with Gasteiger partial charge in [-0.2, -0.15) is 0 Å². The van der Waals surface area contributed by atoms with Crippen LogP contribution >= 0.6 is 15.9 Å². The number of aromatic hydroxyl groups is 1. The molecule has 2 aromatic rings. The first kappa shape index (κ1) is 12.6. The summed E-state index contributed by atoms with van der Waals surface area (Å²) in [6, 6.07) is 13.9. The molecule has 0 aliphatic carbocycles. The zero-order valence-corrected chi connectivity index (χ0v) is 11.1. The van der Waals surface area contributed by atoms with Crippen molar-refractivity contribution in [2.24, 2.45) is 0 Å². The number of rotatable bonds is 3. The van der Waals surface area contributed by atoms with Gasteiger partial charge in [0, 0.05) is 10.0 Å². The number of phenolic OH excluding ortho intramolecular Hbond substituents is 1. The summed E-state index contributed by atoms with van der Waals surface area (Å²) in [6.07, 6.45) is 3.29. The molecule has 3 heteroatoms. The number of halogens is 1. The fourth-order valence-electron chi connectivity index (χ4n) is 1.50. The second-order valence-electron chi connectivity index (χ2n) is 3.80. The SMILES string of the molecule is O=C(C=Cc1cccc(Br)c1)c1ccc(O)cc1. The molecular weight excluding hydrogens is 292 g/mol. The zero-order chi connectivity index (χ0) is 13.0. The molecule has 0 saturated heterocycles. The van der Waals surface area contributed by atoms with Crippen molar-refractivity contribution in [2.45, 2.75) is 0 Å². The van der Waals surface area contributed by atoms with Crippen molar-refractivity contribution >= 4 is 27.8 Å². The summed E-state index contributed by atoms with van der Waals surface area (Å²) < 4.78 is 0.974. The van der Waals surface area contributed by atoms with Crippen LogP contribution in [0.4, 0.5) is 0 Å². The van der Waals surface area contributed by atoms with Gasteiger partial charge in [-0.25, -0.2) is 0 Å². The topological polar surface area (TPSA) is 37.3 Å². The molecule has 2 aromatic carbocycles. The van der Waals surface area contributed by atoms with Crippen molar-refractivity contribution in [3.63, 3.8) is 0 Å². The molecule has 0 saturated carbocycles. The highest BCUT2D eigenvalue weighted by atomic mass is 79.9. The lowest BCUT2D eigenvalue weighted by molar-refractivity contribution is 0.104. The van der Waals surface area contributed by atoms with Crippen LogP contribution in [-0.2, 0) is 0 Å². The zero-order valence-electron chi connectivity index (χ0n) is 9.51. The van der Waals surface area contributed by atoms with Gasteiger partial charge in [0.2, 0.25) is 0 Å². The van der Waals surface area contributed by atoms with Gasteiger partial charge in [-0.3, -0.25) is 4.79 Å². The van der Waals surface area contributed by atoms with Gasteiger partial charge >= 0.3 is 0 Å². The summed E-state index contributed by atoms with van der Waals surface area (Å²) in [6.45, 7) is 0. The minimum Gasteiger partial charge on any atom is -0.508 e. The lowest BCUT2D eigenvalue weighted by Crippen LogP contribution is -1.92. The number of allylic oxidation sites excluding steroid dienone is 1. The number of carbonyl (C=O) groups excluding carboxylic acids is 1. The summed E-state index contributed by atoms with van der Waals surface area (Å²) in [5, 5.41) is 9.14. The van der Waals surface area contributed by atoms with E-state index in [0.29, 0.717) is 5.56 Å². The molecule has 0 bridgehead atoms. The highest BCUT2D eigenvalue weighted by molar-refractivity contribution is 9.10. The Labute approximate surface area is 114 Å². The van der Waals surface area contributed by atoms with E-state index in [2.05, 4.69) is 15.9 Å². The Kier molecular flexibility index (Phi) is 3.95. The molecule has 2 rings (SSSR count). The maximum absolute atomic E-state index is 11.8. The van der Waals surface area contributed by atoms with Gasteiger partial charge in [-0.15, -0.1) is 0 Å². The molecule has 90 valence electrons. The van der Waals surface area contributed by atoms with Gasteiger partial charge in [0.15, 0.2) is 5.78 Å². The molecule has 1 N–H and O–H groups in total. The summed E-state index contributed by atoms with van der Waals surface area (Å²) in [5.74, 6) is 0.0671. The van der Waals surface area contributed by atoms with Crippen molar-refractivity contribution in [1.82, 2.24) is 0 Å². The van der Waals surface area contributed by atoms with Crippen LogP contribution in [0.2, 0.25) is 0 Å². The van der Waals surface area contributed by atoms with Crippen molar-refractivity contribution < 1.29 is 9.90 Å². The molecule has 0 atom stereocenters. The second-order valence-corrected chi connectivity index (χ2v) is 4.72. The van der Waals surface area contributed by atoms with Crippen LogP contribution in [0.1, 0.15) is 15.9 Å². The standard InChI is InChI=1S/C15H11BrO2/c16-13-3-1-2-11(10-13)4-9-15(18)12-5-7-14(17)8-6-12/h1-10,17H. The Bertz CT molecular complexity index is 586. The Morgan fingerprint density at radius 1 is 1.11 bits per heavy atom. The summed E-state index contributed by atoms with van der Waals surface area (Å²) in [4.78, 5) is 11.8. The van der Waals surface area contributed by atoms with Gasteiger partial charge in [0.05, 0.1) is 0 Å². The monoisotopic (exact) mass is 302 g/mol. The van der Waals surface area contributed by atoms with Crippen molar-refractivity contribution in [1.29, 1.82) is 0 Å². The highest BCUT2D eigenvalue weighted by Crippen LogP contribution is 2.14. The third kappa shape index (κ3) is 3.31. The van der Waals surface area contributed by atoms with Gasteiger partial charge in [0.25, 0.3) is 0 Å². The van der Waals surface area contributed by atoms with Crippen LogP contribution in [-0.4, -0.2) is 10.9 Å². The van der Waals surface area contributed by atoms with Crippen LogP contribution in [0.15, 0.2) is 59.1 Å². The molecule has 0 aliphatic heterocycles. The van der Waals surface area contributed by atoms with E-state index in [-0.39, 0.29) is 11.5 Å². The quantitative estimate of drug-likeness (QED) is 0.686. The van der Waals surface area contributed by atoms with E-state index >= 15 is 0 Å². The molecule has 18 heavy (non-hydrogen) atoms. The van der Waals surface area contributed by atoms with E-state index in [1.807, 2.05) is 24.3 Å².